The van der Waals surface area contributed by atoms with E-state index in [1.165, 1.54) is 10.4 Å². The van der Waals surface area contributed by atoms with Crippen molar-refractivity contribution >= 4 is 45.6 Å². The molecule has 2 aromatic rings. The van der Waals surface area contributed by atoms with Gasteiger partial charge in [-0.25, -0.2) is 4.99 Å². The molecule has 32 heavy (non-hydrogen) atoms. The van der Waals surface area contributed by atoms with Crippen LogP contribution in [0.25, 0.3) is 0 Å². The number of nitrogens with one attached hydrogen (secondary N) is 3. The van der Waals surface area contributed by atoms with Gasteiger partial charge in [-0.1, -0.05) is 44.7 Å². The van der Waals surface area contributed by atoms with Gasteiger partial charge >= 0.3 is 0 Å². The maximum atomic E-state index is 9.27. The first-order valence-electron chi connectivity index (χ1n) is 10.3. The van der Waals surface area contributed by atoms with Crippen molar-refractivity contribution in [3.8, 4) is 0 Å². The number of carbonyl (C=O) groups excluding carboxylic acids is 1. The van der Waals surface area contributed by atoms with Crippen molar-refractivity contribution in [2.75, 3.05) is 11.9 Å². The maximum absolute atomic E-state index is 9.27. The number of rotatable bonds is 10. The number of benzene rings is 1. The zero-order valence-electron chi connectivity index (χ0n) is 19.3. The van der Waals surface area contributed by atoms with Crippen LogP contribution in [0.2, 0.25) is 0 Å². The van der Waals surface area contributed by atoms with Gasteiger partial charge in [0.15, 0.2) is 0 Å². The van der Waals surface area contributed by atoms with Crippen LogP contribution < -0.4 is 16.0 Å². The van der Waals surface area contributed by atoms with Gasteiger partial charge in [0.1, 0.15) is 18.4 Å². The highest BCUT2D eigenvalue weighted by atomic mass is 79.9. The second-order valence-electron chi connectivity index (χ2n) is 6.33. The minimum absolute atomic E-state index is 0.0173. The van der Waals surface area contributed by atoms with Crippen LogP contribution in [0.15, 0.2) is 69.7 Å². The normalized spacial score (nSPS) is 12.2. The largest absolute Gasteiger partial charge is 0.394 e. The fourth-order valence-corrected chi connectivity index (χ4v) is 3.31. The van der Waals surface area contributed by atoms with Crippen LogP contribution in [0.1, 0.15) is 38.1 Å². The van der Waals surface area contributed by atoms with Crippen LogP contribution in [0.5, 0.6) is 0 Å². The van der Waals surface area contributed by atoms with Crippen molar-refractivity contribution in [2.45, 2.75) is 46.8 Å². The van der Waals surface area contributed by atoms with Gasteiger partial charge in [0.05, 0.1) is 11.1 Å². The number of halogens is 1. The molecule has 0 saturated heterocycles. The Morgan fingerprint density at radius 1 is 1.25 bits per heavy atom. The van der Waals surface area contributed by atoms with E-state index in [0.29, 0.717) is 5.82 Å². The van der Waals surface area contributed by atoms with E-state index in [-0.39, 0.29) is 12.6 Å². The SMILES string of the molecule is C=C/C(Br)=C(\N=C(/C)Nc1cccc(CNCc2cccs2)c1)NC(C)CO.C=O.CC. The molecule has 2 rings (SSSR count). The monoisotopic (exact) mass is 522 g/mol. The van der Waals surface area contributed by atoms with Crippen LogP contribution in [0.4, 0.5) is 5.69 Å². The zero-order chi connectivity index (χ0) is 24.4. The van der Waals surface area contributed by atoms with Gasteiger partial charge in [-0.05, 0) is 58.9 Å². The summed E-state index contributed by atoms with van der Waals surface area (Å²) in [5.74, 6) is 1.35. The quantitative estimate of drug-likeness (QED) is 0.190. The van der Waals surface area contributed by atoms with Crippen molar-refractivity contribution in [1.82, 2.24) is 10.6 Å². The molecule has 4 N–H and O–H groups in total. The molecule has 0 bridgehead atoms. The first-order chi connectivity index (χ1) is 15.5. The summed E-state index contributed by atoms with van der Waals surface area (Å²) < 4.78 is 0.737. The first-order valence-corrected chi connectivity index (χ1v) is 12.0. The summed E-state index contributed by atoms with van der Waals surface area (Å²) >= 11 is 5.20. The lowest BCUT2D eigenvalue weighted by molar-refractivity contribution is -0.0979. The molecule has 1 heterocycles. The highest BCUT2D eigenvalue weighted by Crippen LogP contribution is 2.15. The molecule has 0 saturated carbocycles. The van der Waals surface area contributed by atoms with Crippen molar-refractivity contribution in [3.63, 3.8) is 0 Å². The number of nitrogens with zero attached hydrogens (tertiary/aromatic N) is 1. The summed E-state index contributed by atoms with van der Waals surface area (Å²) in [4.78, 5) is 13.9. The van der Waals surface area contributed by atoms with Gasteiger partial charge < -0.3 is 25.9 Å². The zero-order valence-corrected chi connectivity index (χ0v) is 21.7. The lowest BCUT2D eigenvalue weighted by Crippen LogP contribution is -2.29. The van der Waals surface area contributed by atoms with E-state index in [1.54, 1.807) is 17.4 Å². The van der Waals surface area contributed by atoms with E-state index in [9.17, 15) is 5.11 Å². The Morgan fingerprint density at radius 2 is 1.97 bits per heavy atom. The van der Waals surface area contributed by atoms with Gasteiger partial charge in [0.2, 0.25) is 0 Å². The fraction of sp³-hybridized carbons (Fsp3) is 0.333. The molecule has 176 valence electrons. The molecule has 0 radical (unpaired) electrons. The second-order valence-corrected chi connectivity index (χ2v) is 8.22. The number of aliphatic hydroxyl groups is 1. The average molecular weight is 524 g/mol. The molecule has 8 heteroatoms. The molecule has 0 amide bonds. The van der Waals surface area contributed by atoms with E-state index < -0.39 is 0 Å². The second kappa shape index (κ2) is 18.3. The Hall–Kier alpha value is -2.26. The average Bonchev–Trinajstić information content (AvgIpc) is 3.34. The van der Waals surface area contributed by atoms with Crippen LogP contribution in [0.3, 0.4) is 0 Å². The molecule has 1 unspecified atom stereocenters. The number of hydrogen-bond donors (Lipinski definition) is 4. The van der Waals surface area contributed by atoms with Gasteiger partial charge in [-0.15, -0.1) is 11.3 Å². The molecule has 0 fully saturated rings. The summed E-state index contributed by atoms with van der Waals surface area (Å²) in [6.07, 6.45) is 1.67. The standard InChI is InChI=1S/C21H27BrN4OS.C2H6.CH2O/c1-4-20(22)21(24-15(2)14-27)26-16(3)25-18-8-5-7-17(11-18)12-23-13-19-9-6-10-28-19;2*1-2/h4-11,15,23-24,27H,1,12-14H2,2-3H3,(H,25,26);1-2H3;1H2/b21-20+;;. The van der Waals surface area contributed by atoms with Crippen LogP contribution in [0, 0.1) is 0 Å². The van der Waals surface area contributed by atoms with E-state index in [4.69, 9.17) is 4.79 Å². The van der Waals surface area contributed by atoms with Gasteiger partial charge in [-0.2, -0.15) is 0 Å². The summed E-state index contributed by atoms with van der Waals surface area (Å²) in [5.41, 5.74) is 2.17. The number of aliphatic hydroxyl groups excluding tert-OH is 1. The molecule has 1 aromatic carbocycles. The molecular formula is C24H35BrN4O2S. The molecule has 6 nitrogen and oxygen atoms in total. The number of hydrogen-bond acceptors (Lipinski definition) is 6. The molecule has 0 spiro atoms. The highest BCUT2D eigenvalue weighted by Gasteiger charge is 2.06. The number of allylic oxidation sites excluding steroid dienone is 2. The Labute approximate surface area is 204 Å². The lowest BCUT2D eigenvalue weighted by atomic mass is 10.2. The minimum Gasteiger partial charge on any atom is -0.394 e. The molecule has 1 aromatic heterocycles. The maximum Gasteiger partial charge on any atom is 0.142 e. The minimum atomic E-state index is -0.114. The number of amidine groups is 1. The predicted molar refractivity (Wildman–Crippen MR) is 142 cm³/mol. The van der Waals surface area contributed by atoms with Crippen LogP contribution >= 0.6 is 27.3 Å². The smallest absolute Gasteiger partial charge is 0.142 e. The van der Waals surface area contributed by atoms with Crippen molar-refractivity contribution < 1.29 is 9.90 Å². The third-order valence-corrected chi connectivity index (χ3v) is 5.38. The van der Waals surface area contributed by atoms with Crippen molar-refractivity contribution in [1.29, 1.82) is 0 Å². The third kappa shape index (κ3) is 12.0. The first kappa shape index (κ1) is 29.7. The number of carbonyl (C=O) groups is 1. The number of anilines is 1. The summed E-state index contributed by atoms with van der Waals surface area (Å²) in [6.45, 7) is 15.2. The predicted octanol–water partition coefficient (Wildman–Crippen LogP) is 5.43. The lowest BCUT2D eigenvalue weighted by Gasteiger charge is -2.15. The van der Waals surface area contributed by atoms with E-state index in [2.05, 4.69) is 73.1 Å². The summed E-state index contributed by atoms with van der Waals surface area (Å²) in [5, 5.41) is 21.3. The van der Waals surface area contributed by atoms with E-state index in [1.807, 2.05) is 46.6 Å². The molecule has 0 aliphatic carbocycles. The number of thiophene rings is 1. The Balaban J connectivity index is 0.00000227. The molecule has 0 aliphatic heterocycles. The Morgan fingerprint density at radius 3 is 2.56 bits per heavy atom. The summed E-state index contributed by atoms with van der Waals surface area (Å²) in [7, 11) is 0. The highest BCUT2D eigenvalue weighted by molar-refractivity contribution is 9.11. The topological polar surface area (TPSA) is 85.8 Å². The molecule has 0 aliphatic rings. The van der Waals surface area contributed by atoms with Gasteiger partial charge in [0.25, 0.3) is 0 Å². The fourth-order valence-electron chi connectivity index (χ4n) is 2.44. The molecule has 1 atom stereocenters. The molecular weight excluding hydrogens is 488 g/mol. The van der Waals surface area contributed by atoms with Gasteiger partial charge in [-0.3, -0.25) is 0 Å². The van der Waals surface area contributed by atoms with Crippen LogP contribution in [-0.4, -0.2) is 30.4 Å². The van der Waals surface area contributed by atoms with Crippen molar-refractivity contribution in [3.05, 3.63) is 75.2 Å². The number of aliphatic imine (C=N–C) groups is 1. The Kier molecular flexibility index (Phi) is 17.0. The van der Waals surface area contributed by atoms with E-state index in [0.717, 1.165) is 29.1 Å². The third-order valence-electron chi connectivity index (χ3n) is 3.80. The van der Waals surface area contributed by atoms with E-state index >= 15 is 0 Å². The van der Waals surface area contributed by atoms with Gasteiger partial charge in [0, 0.05) is 29.7 Å². The summed E-state index contributed by atoms with van der Waals surface area (Å²) in [6, 6.07) is 12.3. The van der Waals surface area contributed by atoms with Crippen molar-refractivity contribution in [2.24, 2.45) is 4.99 Å². The van der Waals surface area contributed by atoms with Crippen LogP contribution in [-0.2, 0) is 17.9 Å². The Bertz CT molecular complexity index is 838.